The molecule has 0 bridgehead atoms. The van der Waals surface area contributed by atoms with E-state index in [-0.39, 0.29) is 45.8 Å². The Morgan fingerprint density at radius 1 is 1.25 bits per heavy atom. The molecule has 0 fully saturated rings. The summed E-state index contributed by atoms with van der Waals surface area (Å²) in [7, 11) is 0. The van der Waals surface area contributed by atoms with Gasteiger partial charge in [0.1, 0.15) is 17.2 Å². The number of carbonyl (C=O) groups excluding carboxylic acids is 3. The number of H-pyrrole nitrogens is 1. The lowest BCUT2D eigenvalue weighted by atomic mass is 10.0. The lowest BCUT2D eigenvalue weighted by molar-refractivity contribution is -0.121. The summed E-state index contributed by atoms with van der Waals surface area (Å²) in [5.41, 5.74) is 0.337. The zero-order valence-electron chi connectivity index (χ0n) is 17.0. The van der Waals surface area contributed by atoms with E-state index >= 15 is 0 Å². The van der Waals surface area contributed by atoms with Gasteiger partial charge in [0.2, 0.25) is 5.91 Å². The molecule has 13 heteroatoms. The van der Waals surface area contributed by atoms with Crippen molar-refractivity contribution < 1.29 is 19.5 Å². The number of phenolic OH excluding ortho intramolecular Hbond substituents is 1. The second-order valence-electron chi connectivity index (χ2n) is 6.98. The number of phenols is 1. The molecule has 3 rings (SSSR count). The number of amides is 2. The van der Waals surface area contributed by atoms with E-state index in [4.69, 9.17) is 23.2 Å². The van der Waals surface area contributed by atoms with Crippen molar-refractivity contribution in [3.63, 3.8) is 0 Å². The van der Waals surface area contributed by atoms with E-state index in [1.54, 1.807) is 0 Å². The Balaban J connectivity index is 1.60. The van der Waals surface area contributed by atoms with Gasteiger partial charge in [0.15, 0.2) is 11.8 Å². The number of rotatable bonds is 8. The maximum absolute atomic E-state index is 12.4. The van der Waals surface area contributed by atoms with Gasteiger partial charge in [-0.1, -0.05) is 23.2 Å². The van der Waals surface area contributed by atoms with E-state index in [9.17, 15) is 19.5 Å². The number of aromatic nitrogens is 2. The maximum atomic E-state index is 12.4. The molecule has 2 aromatic rings. The molecule has 0 saturated carbocycles. The highest BCUT2D eigenvalue weighted by Crippen LogP contribution is 2.36. The van der Waals surface area contributed by atoms with Crippen LogP contribution in [-0.2, 0) is 9.59 Å². The third kappa shape index (κ3) is 6.11. The summed E-state index contributed by atoms with van der Waals surface area (Å²) in [6, 6.07) is 3.35. The van der Waals surface area contributed by atoms with Crippen LogP contribution in [0.15, 0.2) is 23.2 Å². The van der Waals surface area contributed by atoms with E-state index in [0.29, 0.717) is 18.3 Å². The fraction of sp³-hybridized carbons (Fsp3) is 0.316. The highest BCUT2D eigenvalue weighted by atomic mass is 35.5. The lowest BCUT2D eigenvalue weighted by Crippen LogP contribution is -2.39. The zero-order chi connectivity index (χ0) is 23.3. The Kier molecular flexibility index (Phi) is 7.54. The highest BCUT2D eigenvalue weighted by molar-refractivity contribution is 6.35. The van der Waals surface area contributed by atoms with Crippen molar-refractivity contribution in [1.29, 1.82) is 0 Å². The molecule has 1 aliphatic heterocycles. The highest BCUT2D eigenvalue weighted by Gasteiger charge is 2.22. The molecule has 1 atom stereocenters. The second kappa shape index (κ2) is 10.3. The number of nitrogens with one attached hydrogen (secondary N) is 5. The maximum Gasteiger partial charge on any atom is 0.269 e. The molecule has 32 heavy (non-hydrogen) atoms. The van der Waals surface area contributed by atoms with Crippen LogP contribution in [0.3, 0.4) is 0 Å². The first-order chi connectivity index (χ1) is 15.2. The molecule has 6 N–H and O–H groups in total. The summed E-state index contributed by atoms with van der Waals surface area (Å²) in [6.07, 6.45) is -0.0998. The number of hydrogen-bond donors (Lipinski definition) is 6. The van der Waals surface area contributed by atoms with Crippen LogP contribution < -0.4 is 21.3 Å². The number of halogens is 2. The van der Waals surface area contributed by atoms with E-state index in [2.05, 4.69) is 36.5 Å². The number of aliphatic imine (C=N–C) groups is 1. The predicted molar refractivity (Wildman–Crippen MR) is 119 cm³/mol. The minimum absolute atomic E-state index is 0.00831. The Hall–Kier alpha value is -3.31. The van der Waals surface area contributed by atoms with Gasteiger partial charge in [0.25, 0.3) is 5.91 Å². The standard InChI is InChI=1S/C19H21Cl2N7O4/c1-9(29)4-13(11-5-10(20)6-12(21)17(11)31)25-16(30)8-24-18(32)14-7-15(28-27-14)26-19-22-2-3-23-19/h5-7,13,31H,2-4,8H2,1H3,(H,24,32)(H,25,30)(H3,22,23,26,27,28). The molecule has 170 valence electrons. The van der Waals surface area contributed by atoms with E-state index in [1.165, 1.54) is 25.1 Å². The minimum Gasteiger partial charge on any atom is -0.506 e. The van der Waals surface area contributed by atoms with Crippen molar-refractivity contribution in [2.24, 2.45) is 4.99 Å². The second-order valence-corrected chi connectivity index (χ2v) is 7.83. The molecule has 0 spiro atoms. The molecule has 2 amide bonds. The Labute approximate surface area is 193 Å². The molecule has 0 saturated heterocycles. The van der Waals surface area contributed by atoms with Crippen molar-refractivity contribution in [1.82, 2.24) is 26.1 Å². The molecule has 1 aromatic heterocycles. The molecule has 0 radical (unpaired) electrons. The first-order valence-corrected chi connectivity index (χ1v) is 10.3. The Bertz CT molecular complexity index is 1070. The first kappa shape index (κ1) is 23.4. The average molecular weight is 482 g/mol. The van der Waals surface area contributed by atoms with Gasteiger partial charge in [-0.3, -0.25) is 24.5 Å². The first-order valence-electron chi connectivity index (χ1n) is 9.58. The quantitative estimate of drug-likeness (QED) is 0.331. The summed E-state index contributed by atoms with van der Waals surface area (Å²) in [5, 5.41) is 28.0. The third-order valence-electron chi connectivity index (χ3n) is 4.41. The minimum atomic E-state index is -0.879. The van der Waals surface area contributed by atoms with Gasteiger partial charge >= 0.3 is 0 Å². The number of anilines is 1. The van der Waals surface area contributed by atoms with Gasteiger partial charge in [-0.15, -0.1) is 0 Å². The molecule has 1 aromatic carbocycles. The van der Waals surface area contributed by atoms with Gasteiger partial charge in [-0.25, -0.2) is 0 Å². The monoisotopic (exact) mass is 481 g/mol. The molecule has 1 unspecified atom stereocenters. The zero-order valence-corrected chi connectivity index (χ0v) is 18.5. The molecule has 11 nitrogen and oxygen atoms in total. The topological polar surface area (TPSA) is 161 Å². The fourth-order valence-electron chi connectivity index (χ4n) is 2.98. The molecule has 0 aliphatic carbocycles. The fourth-order valence-corrected chi connectivity index (χ4v) is 3.49. The van der Waals surface area contributed by atoms with Crippen LogP contribution >= 0.6 is 23.2 Å². The number of guanidine groups is 1. The van der Waals surface area contributed by atoms with Crippen molar-refractivity contribution in [3.05, 3.63) is 39.5 Å². The van der Waals surface area contributed by atoms with Crippen molar-refractivity contribution >= 4 is 52.6 Å². The van der Waals surface area contributed by atoms with Gasteiger partial charge in [-0.2, -0.15) is 5.10 Å². The van der Waals surface area contributed by atoms with Crippen LogP contribution in [-0.4, -0.2) is 58.5 Å². The molecular formula is C19H21Cl2N7O4. The van der Waals surface area contributed by atoms with E-state index in [1.807, 2.05) is 0 Å². The van der Waals surface area contributed by atoms with Crippen molar-refractivity contribution in [3.8, 4) is 5.75 Å². The SMILES string of the molecule is CC(=O)CC(NC(=O)CNC(=O)c1cc(NC2=NCCN2)n[nH]1)c1cc(Cl)cc(Cl)c1O. The smallest absolute Gasteiger partial charge is 0.269 e. The summed E-state index contributed by atoms with van der Waals surface area (Å²) in [6.45, 7) is 2.34. The Morgan fingerprint density at radius 3 is 2.72 bits per heavy atom. The van der Waals surface area contributed by atoms with Crippen molar-refractivity contribution in [2.45, 2.75) is 19.4 Å². The number of carbonyl (C=O) groups is 3. The number of Topliss-reactive ketones (excluding diaryl/α,β-unsaturated/α-hetero) is 1. The molecule has 2 heterocycles. The van der Waals surface area contributed by atoms with Crippen LogP contribution in [0.4, 0.5) is 5.82 Å². The third-order valence-corrected chi connectivity index (χ3v) is 4.92. The predicted octanol–water partition coefficient (Wildman–Crippen LogP) is 1.36. The molecule has 1 aliphatic rings. The summed E-state index contributed by atoms with van der Waals surface area (Å²) >= 11 is 11.9. The van der Waals surface area contributed by atoms with Crippen LogP contribution in [0.5, 0.6) is 5.75 Å². The van der Waals surface area contributed by atoms with Crippen LogP contribution in [0.1, 0.15) is 35.4 Å². The van der Waals surface area contributed by atoms with Gasteiger partial charge < -0.3 is 26.4 Å². The number of nitrogens with zero attached hydrogens (tertiary/aromatic N) is 2. The number of ketones is 1. The number of hydrogen-bond acceptors (Lipinski definition) is 8. The van der Waals surface area contributed by atoms with E-state index < -0.39 is 17.9 Å². The number of aromatic hydroxyl groups is 1. The average Bonchev–Trinajstić information content (AvgIpc) is 3.40. The normalized spacial score (nSPS) is 13.7. The van der Waals surface area contributed by atoms with Gasteiger partial charge in [0, 0.05) is 29.6 Å². The lowest BCUT2D eigenvalue weighted by Gasteiger charge is -2.20. The van der Waals surface area contributed by atoms with Crippen LogP contribution in [0.2, 0.25) is 10.0 Å². The summed E-state index contributed by atoms with van der Waals surface area (Å²) in [4.78, 5) is 40.6. The van der Waals surface area contributed by atoms with Gasteiger partial charge in [0.05, 0.1) is 24.2 Å². The number of aromatic amines is 1. The van der Waals surface area contributed by atoms with Crippen molar-refractivity contribution in [2.75, 3.05) is 25.0 Å². The van der Waals surface area contributed by atoms with Gasteiger partial charge in [-0.05, 0) is 19.1 Å². The van der Waals surface area contributed by atoms with Crippen LogP contribution in [0.25, 0.3) is 0 Å². The summed E-state index contributed by atoms with van der Waals surface area (Å²) < 4.78 is 0. The van der Waals surface area contributed by atoms with Crippen LogP contribution in [0, 0.1) is 0 Å². The van der Waals surface area contributed by atoms with E-state index in [0.717, 1.165) is 6.54 Å². The largest absolute Gasteiger partial charge is 0.506 e. The number of benzene rings is 1. The summed E-state index contributed by atoms with van der Waals surface area (Å²) in [5.74, 6) is -0.702. The Morgan fingerprint density at radius 2 is 2.03 bits per heavy atom. The molecular weight excluding hydrogens is 461 g/mol.